The van der Waals surface area contributed by atoms with Gasteiger partial charge in [0.05, 0.1) is 0 Å². The van der Waals surface area contributed by atoms with E-state index in [1.807, 2.05) is 38.1 Å². The van der Waals surface area contributed by atoms with Crippen molar-refractivity contribution in [2.24, 2.45) is 11.7 Å². The minimum absolute atomic E-state index is 0.0619. The zero-order valence-electron chi connectivity index (χ0n) is 9.53. The summed E-state index contributed by atoms with van der Waals surface area (Å²) < 4.78 is 0. The highest BCUT2D eigenvalue weighted by molar-refractivity contribution is 5.95. The van der Waals surface area contributed by atoms with Gasteiger partial charge in [0.25, 0.3) is 0 Å². The van der Waals surface area contributed by atoms with E-state index in [0.29, 0.717) is 6.54 Å². The molecule has 0 bridgehead atoms. The van der Waals surface area contributed by atoms with Crippen LogP contribution >= 0.6 is 0 Å². The molecule has 1 amide bonds. The van der Waals surface area contributed by atoms with E-state index in [-0.39, 0.29) is 11.8 Å². The van der Waals surface area contributed by atoms with Gasteiger partial charge >= 0.3 is 0 Å². The summed E-state index contributed by atoms with van der Waals surface area (Å²) >= 11 is 0. The van der Waals surface area contributed by atoms with Gasteiger partial charge in [-0.2, -0.15) is 0 Å². The van der Waals surface area contributed by atoms with Gasteiger partial charge in [0.15, 0.2) is 0 Å². The molecular formula is C12H18N2O. The Morgan fingerprint density at radius 2 is 2.07 bits per heavy atom. The predicted molar refractivity (Wildman–Crippen MR) is 62.8 cm³/mol. The standard InChI is InChI=1S/C12H18N2O/c1-9-6-4-5-7-11(9)14(3)12(15)10(2)8-13/h4-7,10H,8,13H2,1-3H3. The zero-order chi connectivity index (χ0) is 11.4. The van der Waals surface area contributed by atoms with Crippen molar-refractivity contribution in [3.05, 3.63) is 29.8 Å². The van der Waals surface area contributed by atoms with Gasteiger partial charge in [-0.25, -0.2) is 0 Å². The monoisotopic (exact) mass is 206 g/mol. The molecule has 15 heavy (non-hydrogen) atoms. The maximum atomic E-state index is 11.9. The third-order valence-electron chi connectivity index (χ3n) is 2.58. The molecule has 0 aliphatic carbocycles. The van der Waals surface area contributed by atoms with Crippen molar-refractivity contribution >= 4 is 11.6 Å². The molecule has 0 aliphatic heterocycles. The summed E-state index contributed by atoms with van der Waals surface area (Å²) in [7, 11) is 1.79. The van der Waals surface area contributed by atoms with Crippen LogP contribution < -0.4 is 10.6 Å². The molecule has 1 aromatic carbocycles. The van der Waals surface area contributed by atoms with Crippen LogP contribution in [0.5, 0.6) is 0 Å². The van der Waals surface area contributed by atoms with Crippen LogP contribution in [-0.4, -0.2) is 19.5 Å². The Morgan fingerprint density at radius 1 is 1.47 bits per heavy atom. The third kappa shape index (κ3) is 2.57. The summed E-state index contributed by atoms with van der Waals surface area (Å²) in [5, 5.41) is 0. The fourth-order valence-corrected chi connectivity index (χ4v) is 1.49. The number of para-hydroxylation sites is 1. The van der Waals surface area contributed by atoms with Gasteiger partial charge < -0.3 is 10.6 Å². The molecule has 3 heteroatoms. The summed E-state index contributed by atoms with van der Waals surface area (Å²) in [5.74, 6) is -0.0681. The molecule has 3 nitrogen and oxygen atoms in total. The van der Waals surface area contributed by atoms with E-state index >= 15 is 0 Å². The van der Waals surface area contributed by atoms with Crippen molar-refractivity contribution in [3.63, 3.8) is 0 Å². The number of hydrogen-bond donors (Lipinski definition) is 1. The minimum Gasteiger partial charge on any atom is -0.330 e. The lowest BCUT2D eigenvalue weighted by molar-refractivity contribution is -0.121. The molecule has 1 rings (SSSR count). The van der Waals surface area contributed by atoms with E-state index in [9.17, 15) is 4.79 Å². The van der Waals surface area contributed by atoms with Gasteiger partial charge in [-0.3, -0.25) is 4.79 Å². The maximum Gasteiger partial charge on any atom is 0.230 e. The van der Waals surface area contributed by atoms with Crippen molar-refractivity contribution in [1.82, 2.24) is 0 Å². The Kier molecular flexibility index (Phi) is 3.86. The number of nitrogens with zero attached hydrogens (tertiary/aromatic N) is 1. The van der Waals surface area contributed by atoms with Crippen LogP contribution in [0.2, 0.25) is 0 Å². The molecule has 1 atom stereocenters. The highest BCUT2D eigenvalue weighted by Crippen LogP contribution is 2.19. The second kappa shape index (κ2) is 4.94. The Labute approximate surface area is 90.9 Å². The number of rotatable bonds is 3. The van der Waals surface area contributed by atoms with Crippen LogP contribution in [0.3, 0.4) is 0 Å². The number of carbonyl (C=O) groups is 1. The number of anilines is 1. The largest absolute Gasteiger partial charge is 0.330 e. The molecule has 0 spiro atoms. The lowest BCUT2D eigenvalue weighted by Crippen LogP contribution is -2.35. The van der Waals surface area contributed by atoms with Crippen LogP contribution in [0.25, 0.3) is 0 Å². The summed E-state index contributed by atoms with van der Waals surface area (Å²) in [4.78, 5) is 13.5. The quantitative estimate of drug-likeness (QED) is 0.815. The number of benzene rings is 1. The second-order valence-electron chi connectivity index (χ2n) is 3.82. The smallest absolute Gasteiger partial charge is 0.230 e. The van der Waals surface area contributed by atoms with Crippen molar-refractivity contribution in [2.45, 2.75) is 13.8 Å². The highest BCUT2D eigenvalue weighted by atomic mass is 16.2. The molecule has 0 radical (unpaired) electrons. The molecule has 1 unspecified atom stereocenters. The highest BCUT2D eigenvalue weighted by Gasteiger charge is 2.17. The second-order valence-corrected chi connectivity index (χ2v) is 3.82. The lowest BCUT2D eigenvalue weighted by Gasteiger charge is -2.22. The van der Waals surface area contributed by atoms with E-state index < -0.39 is 0 Å². The lowest BCUT2D eigenvalue weighted by atomic mass is 10.1. The van der Waals surface area contributed by atoms with Crippen LogP contribution in [0.15, 0.2) is 24.3 Å². The van der Waals surface area contributed by atoms with Crippen molar-refractivity contribution < 1.29 is 4.79 Å². The van der Waals surface area contributed by atoms with Gasteiger partial charge in [0.2, 0.25) is 5.91 Å². The van der Waals surface area contributed by atoms with Crippen molar-refractivity contribution in [1.29, 1.82) is 0 Å². The van der Waals surface area contributed by atoms with E-state index in [0.717, 1.165) is 11.3 Å². The van der Waals surface area contributed by atoms with Crippen LogP contribution in [0.1, 0.15) is 12.5 Å². The van der Waals surface area contributed by atoms with Gasteiger partial charge in [0.1, 0.15) is 0 Å². The van der Waals surface area contributed by atoms with Crippen molar-refractivity contribution in [2.75, 3.05) is 18.5 Å². The van der Waals surface area contributed by atoms with Gasteiger partial charge in [-0.15, -0.1) is 0 Å². The summed E-state index contributed by atoms with van der Waals surface area (Å²) in [6.07, 6.45) is 0. The SMILES string of the molecule is Cc1ccccc1N(C)C(=O)C(C)CN. The zero-order valence-corrected chi connectivity index (χ0v) is 9.53. The topological polar surface area (TPSA) is 46.3 Å². The maximum absolute atomic E-state index is 11.9. The summed E-state index contributed by atoms with van der Waals surface area (Å²) in [6, 6.07) is 7.82. The first-order valence-corrected chi connectivity index (χ1v) is 5.11. The normalized spacial score (nSPS) is 12.3. The van der Waals surface area contributed by atoms with E-state index in [1.54, 1.807) is 11.9 Å². The Bertz CT molecular complexity index is 349. The third-order valence-corrected chi connectivity index (χ3v) is 2.58. The average Bonchev–Trinajstić information content (AvgIpc) is 2.26. The average molecular weight is 206 g/mol. The molecule has 0 aliphatic rings. The predicted octanol–water partition coefficient (Wildman–Crippen LogP) is 1.55. The molecule has 0 saturated heterocycles. The fourth-order valence-electron chi connectivity index (χ4n) is 1.49. The summed E-state index contributed by atoms with van der Waals surface area (Å²) in [5.41, 5.74) is 7.52. The minimum atomic E-state index is -0.130. The Hall–Kier alpha value is -1.35. The number of carbonyl (C=O) groups excluding carboxylic acids is 1. The molecule has 0 aromatic heterocycles. The van der Waals surface area contributed by atoms with E-state index in [2.05, 4.69) is 0 Å². The number of nitrogens with two attached hydrogens (primary N) is 1. The Balaban J connectivity index is 2.90. The number of hydrogen-bond acceptors (Lipinski definition) is 2. The summed E-state index contributed by atoms with van der Waals surface area (Å²) in [6.45, 7) is 4.22. The molecule has 0 heterocycles. The first-order valence-electron chi connectivity index (χ1n) is 5.11. The van der Waals surface area contributed by atoms with Crippen LogP contribution in [-0.2, 0) is 4.79 Å². The first kappa shape index (κ1) is 11.7. The molecule has 82 valence electrons. The molecule has 1 aromatic rings. The number of amides is 1. The van der Waals surface area contributed by atoms with Gasteiger partial charge in [-0.05, 0) is 18.6 Å². The number of aryl methyl sites for hydroxylation is 1. The molecule has 0 fully saturated rings. The van der Waals surface area contributed by atoms with Crippen LogP contribution in [0, 0.1) is 12.8 Å². The van der Waals surface area contributed by atoms with Crippen molar-refractivity contribution in [3.8, 4) is 0 Å². The van der Waals surface area contributed by atoms with E-state index in [1.165, 1.54) is 0 Å². The van der Waals surface area contributed by atoms with Gasteiger partial charge in [0, 0.05) is 25.2 Å². The van der Waals surface area contributed by atoms with Gasteiger partial charge in [-0.1, -0.05) is 25.1 Å². The fraction of sp³-hybridized carbons (Fsp3) is 0.417. The van der Waals surface area contributed by atoms with E-state index in [4.69, 9.17) is 5.73 Å². The van der Waals surface area contributed by atoms with Crippen LogP contribution in [0.4, 0.5) is 5.69 Å². The molecule has 0 saturated carbocycles. The first-order chi connectivity index (χ1) is 7.07. The molecule has 2 N–H and O–H groups in total. The Morgan fingerprint density at radius 3 is 2.60 bits per heavy atom. The molecular weight excluding hydrogens is 188 g/mol.